The number of nitrogens with one attached hydrogen (secondary N) is 1. The molecule has 0 saturated heterocycles. The molecule has 0 fully saturated rings. The lowest BCUT2D eigenvalue weighted by Gasteiger charge is -2.07. The van der Waals surface area contributed by atoms with E-state index in [4.69, 9.17) is 0 Å². The van der Waals surface area contributed by atoms with E-state index in [1.54, 1.807) is 0 Å². The SMILES string of the molecule is CC([O-])=NS(=O)(=O)c1ccc(NC(=O)CSc2ccccc2)cc1. The number of sulfonamides is 1. The number of thioether (sulfide) groups is 1. The van der Waals surface area contributed by atoms with Gasteiger partial charge in [0.25, 0.3) is 10.0 Å². The van der Waals surface area contributed by atoms with Gasteiger partial charge in [-0.15, -0.1) is 11.8 Å². The maximum absolute atomic E-state index is 11.9. The molecule has 0 unspecified atom stereocenters. The first-order valence-corrected chi connectivity index (χ1v) is 9.36. The van der Waals surface area contributed by atoms with E-state index < -0.39 is 15.9 Å². The second-order valence-corrected chi connectivity index (χ2v) is 7.41. The molecule has 126 valence electrons. The van der Waals surface area contributed by atoms with Gasteiger partial charge in [0.1, 0.15) is 0 Å². The number of benzene rings is 2. The highest BCUT2D eigenvalue weighted by molar-refractivity contribution is 8.00. The largest absolute Gasteiger partial charge is 0.861 e. The van der Waals surface area contributed by atoms with Crippen molar-refractivity contribution in [2.24, 2.45) is 4.40 Å². The van der Waals surface area contributed by atoms with E-state index in [1.165, 1.54) is 36.0 Å². The van der Waals surface area contributed by atoms with Gasteiger partial charge in [-0.3, -0.25) is 4.79 Å². The molecule has 0 radical (unpaired) electrons. The maximum Gasteiger partial charge on any atom is 0.281 e. The quantitative estimate of drug-likeness (QED) is 0.480. The first-order chi connectivity index (χ1) is 11.4. The van der Waals surface area contributed by atoms with E-state index in [-0.39, 0.29) is 16.6 Å². The van der Waals surface area contributed by atoms with Crippen molar-refractivity contribution in [2.75, 3.05) is 11.1 Å². The van der Waals surface area contributed by atoms with Crippen LogP contribution in [0.5, 0.6) is 0 Å². The standard InChI is InChI=1S/C16H16N2O4S2/c1-12(19)18-24(21,22)15-9-7-13(8-10-15)17-16(20)11-23-14-5-3-2-4-6-14/h2-10H,11H2,1H3,(H,17,20)(H,18,19)/p-1. The maximum atomic E-state index is 11.9. The number of hydrogen-bond acceptors (Lipinski definition) is 5. The van der Waals surface area contributed by atoms with Crippen LogP contribution in [0.1, 0.15) is 6.92 Å². The summed E-state index contributed by atoms with van der Waals surface area (Å²) in [5.41, 5.74) is 0.468. The number of amides is 1. The van der Waals surface area contributed by atoms with Crippen molar-refractivity contribution >= 4 is 39.3 Å². The fourth-order valence-electron chi connectivity index (χ4n) is 1.79. The zero-order valence-corrected chi connectivity index (χ0v) is 14.4. The van der Waals surface area contributed by atoms with Gasteiger partial charge in [0.05, 0.1) is 10.6 Å². The summed E-state index contributed by atoms with van der Waals surface area (Å²) in [4.78, 5) is 12.8. The molecular formula is C16H15N2O4S2-. The van der Waals surface area contributed by atoms with Crippen molar-refractivity contribution in [1.29, 1.82) is 0 Å². The normalized spacial score (nSPS) is 12.0. The van der Waals surface area contributed by atoms with Crippen molar-refractivity contribution in [3.05, 3.63) is 54.6 Å². The number of hydrogen-bond donors (Lipinski definition) is 1. The summed E-state index contributed by atoms with van der Waals surface area (Å²) >= 11 is 1.40. The van der Waals surface area contributed by atoms with Crippen molar-refractivity contribution in [3.8, 4) is 0 Å². The summed E-state index contributed by atoms with van der Waals surface area (Å²) in [7, 11) is -3.99. The average molecular weight is 363 g/mol. The Morgan fingerprint density at radius 2 is 1.75 bits per heavy atom. The average Bonchev–Trinajstić information content (AvgIpc) is 2.53. The summed E-state index contributed by atoms with van der Waals surface area (Å²) in [6, 6.07) is 15.0. The zero-order chi connectivity index (χ0) is 17.6. The van der Waals surface area contributed by atoms with Gasteiger partial charge in [0.2, 0.25) is 5.91 Å². The molecule has 0 bridgehead atoms. The van der Waals surface area contributed by atoms with Gasteiger partial charge in [-0.1, -0.05) is 18.2 Å². The predicted molar refractivity (Wildman–Crippen MR) is 92.5 cm³/mol. The highest BCUT2D eigenvalue weighted by Gasteiger charge is 2.12. The first-order valence-electron chi connectivity index (χ1n) is 6.93. The minimum Gasteiger partial charge on any atom is -0.861 e. The van der Waals surface area contributed by atoms with Crippen molar-refractivity contribution in [1.82, 2.24) is 0 Å². The van der Waals surface area contributed by atoms with E-state index in [0.717, 1.165) is 11.8 Å². The van der Waals surface area contributed by atoms with Crippen LogP contribution < -0.4 is 10.4 Å². The smallest absolute Gasteiger partial charge is 0.281 e. The van der Waals surface area contributed by atoms with Crippen LogP contribution in [0.4, 0.5) is 5.69 Å². The number of carbonyl (C=O) groups excluding carboxylic acids is 1. The van der Waals surface area contributed by atoms with Crippen LogP contribution in [-0.4, -0.2) is 26.0 Å². The van der Waals surface area contributed by atoms with Crippen LogP contribution in [0.15, 0.2) is 68.8 Å². The molecule has 1 amide bonds. The molecule has 0 aliphatic carbocycles. The molecule has 2 aromatic carbocycles. The Morgan fingerprint density at radius 1 is 1.12 bits per heavy atom. The van der Waals surface area contributed by atoms with Crippen LogP contribution in [0.3, 0.4) is 0 Å². The second-order valence-electron chi connectivity index (χ2n) is 4.76. The molecule has 0 aliphatic rings. The highest BCUT2D eigenvalue weighted by atomic mass is 32.2. The first kappa shape index (κ1) is 18.0. The summed E-state index contributed by atoms with van der Waals surface area (Å²) in [6.07, 6.45) is 0. The Kier molecular flexibility index (Phi) is 5.99. The molecule has 0 atom stereocenters. The van der Waals surface area contributed by atoms with Gasteiger partial charge in [-0.25, -0.2) is 0 Å². The summed E-state index contributed by atoms with van der Waals surface area (Å²) in [6.45, 7) is 1.07. The molecule has 2 rings (SSSR count). The molecule has 0 aromatic heterocycles. The van der Waals surface area contributed by atoms with Gasteiger partial charge in [0.15, 0.2) is 0 Å². The Labute approximate surface area is 144 Å². The van der Waals surface area contributed by atoms with Crippen LogP contribution in [0, 0.1) is 0 Å². The fraction of sp³-hybridized carbons (Fsp3) is 0.125. The molecule has 0 spiro atoms. The Morgan fingerprint density at radius 3 is 2.33 bits per heavy atom. The Bertz CT molecular complexity index is 828. The lowest BCUT2D eigenvalue weighted by Crippen LogP contribution is -2.15. The number of rotatable bonds is 6. The van der Waals surface area contributed by atoms with Crippen LogP contribution in [0.2, 0.25) is 0 Å². The van der Waals surface area contributed by atoms with Crippen molar-refractivity contribution in [2.45, 2.75) is 16.7 Å². The Balaban J connectivity index is 1.96. The zero-order valence-electron chi connectivity index (χ0n) is 12.8. The molecule has 24 heavy (non-hydrogen) atoms. The molecular weight excluding hydrogens is 348 g/mol. The molecule has 6 nitrogen and oxygen atoms in total. The lowest BCUT2D eigenvalue weighted by atomic mass is 10.3. The van der Waals surface area contributed by atoms with E-state index in [1.807, 2.05) is 30.3 Å². The van der Waals surface area contributed by atoms with Gasteiger partial charge >= 0.3 is 0 Å². The monoisotopic (exact) mass is 363 g/mol. The van der Waals surface area contributed by atoms with Gasteiger partial charge in [-0.2, -0.15) is 12.8 Å². The second kappa shape index (κ2) is 7.98. The predicted octanol–water partition coefficient (Wildman–Crippen LogP) is 1.88. The van der Waals surface area contributed by atoms with E-state index in [0.29, 0.717) is 5.69 Å². The number of anilines is 1. The van der Waals surface area contributed by atoms with Gasteiger partial charge < -0.3 is 10.4 Å². The third kappa shape index (κ3) is 5.39. The van der Waals surface area contributed by atoms with E-state index in [9.17, 15) is 18.3 Å². The molecule has 0 heterocycles. The van der Waals surface area contributed by atoms with Crippen molar-refractivity contribution in [3.63, 3.8) is 0 Å². The third-order valence-electron chi connectivity index (χ3n) is 2.80. The van der Waals surface area contributed by atoms with Gasteiger partial charge in [0, 0.05) is 10.6 Å². The molecule has 0 saturated carbocycles. The molecule has 1 N–H and O–H groups in total. The fourth-order valence-corrected chi connectivity index (χ4v) is 3.44. The van der Waals surface area contributed by atoms with Crippen LogP contribution in [-0.2, 0) is 14.8 Å². The summed E-state index contributed by atoms with van der Waals surface area (Å²) in [5, 5.41) is 13.5. The third-order valence-corrected chi connectivity index (χ3v) is 5.18. The van der Waals surface area contributed by atoms with E-state index >= 15 is 0 Å². The number of nitrogens with zero attached hydrogens (tertiary/aromatic N) is 1. The lowest BCUT2D eigenvalue weighted by molar-refractivity contribution is -0.215. The Hall–Kier alpha value is -2.32. The van der Waals surface area contributed by atoms with E-state index in [2.05, 4.69) is 9.71 Å². The molecule has 0 aliphatic heterocycles. The topological polar surface area (TPSA) is 98.7 Å². The van der Waals surface area contributed by atoms with Gasteiger partial charge in [-0.05, 0) is 49.2 Å². The van der Waals surface area contributed by atoms with Crippen molar-refractivity contribution < 1.29 is 18.3 Å². The van der Waals surface area contributed by atoms with Crippen LogP contribution in [0.25, 0.3) is 0 Å². The molecule has 8 heteroatoms. The summed E-state index contributed by atoms with van der Waals surface area (Å²) in [5.74, 6) is -0.748. The van der Waals surface area contributed by atoms with Crippen LogP contribution >= 0.6 is 11.8 Å². The molecule has 2 aromatic rings. The number of carbonyl (C=O) groups is 1. The highest BCUT2D eigenvalue weighted by Crippen LogP contribution is 2.19. The summed E-state index contributed by atoms with van der Waals surface area (Å²) < 4.78 is 26.6. The minimum atomic E-state index is -3.99. The minimum absolute atomic E-state index is 0.102.